The molecule has 0 aliphatic carbocycles. The fourth-order valence-corrected chi connectivity index (χ4v) is 2.25. The number of carboxylic acids is 1. The summed E-state index contributed by atoms with van der Waals surface area (Å²) in [5.74, 6) is -1.09. The molecule has 110 valence electrons. The van der Waals surface area contributed by atoms with E-state index in [4.69, 9.17) is 5.11 Å². The molecule has 2 heterocycles. The van der Waals surface area contributed by atoms with Crippen LogP contribution in [0, 0.1) is 0 Å². The number of carbonyl (C=O) groups is 2. The lowest BCUT2D eigenvalue weighted by molar-refractivity contribution is -0.141. The monoisotopic (exact) mass is 282 g/mol. The van der Waals surface area contributed by atoms with Gasteiger partial charge in [-0.1, -0.05) is 0 Å². The van der Waals surface area contributed by atoms with Crippen LogP contribution in [-0.2, 0) is 11.3 Å². The van der Waals surface area contributed by atoms with Crippen LogP contribution in [-0.4, -0.2) is 61.9 Å². The zero-order chi connectivity index (χ0) is 14.5. The van der Waals surface area contributed by atoms with Crippen LogP contribution < -0.4 is 5.32 Å². The number of aliphatic carboxylic acids is 1. The fourth-order valence-electron chi connectivity index (χ4n) is 2.25. The summed E-state index contributed by atoms with van der Waals surface area (Å²) < 4.78 is 1.89. The van der Waals surface area contributed by atoms with Crippen LogP contribution in [0.3, 0.4) is 0 Å². The molecule has 1 fully saturated rings. The van der Waals surface area contributed by atoms with Gasteiger partial charge in [0, 0.05) is 38.4 Å². The maximum absolute atomic E-state index is 11.9. The van der Waals surface area contributed by atoms with Crippen LogP contribution in [0.2, 0.25) is 0 Å². The second kappa shape index (κ2) is 6.38. The van der Waals surface area contributed by atoms with Crippen LogP contribution in [0.15, 0.2) is 18.7 Å². The van der Waals surface area contributed by atoms with E-state index in [1.54, 1.807) is 12.5 Å². The number of aromatic nitrogens is 2. The summed E-state index contributed by atoms with van der Waals surface area (Å²) in [5.41, 5.74) is 0. The van der Waals surface area contributed by atoms with Crippen molar-refractivity contribution in [2.45, 2.75) is 31.5 Å². The number of carbonyl (C=O) groups excluding carboxylic acids is 1. The van der Waals surface area contributed by atoms with E-state index in [-0.39, 0.29) is 13.0 Å². The third-order valence-electron chi connectivity index (χ3n) is 3.25. The zero-order valence-corrected chi connectivity index (χ0v) is 11.0. The average molecular weight is 282 g/mol. The highest BCUT2D eigenvalue weighted by atomic mass is 16.4. The van der Waals surface area contributed by atoms with E-state index in [0.29, 0.717) is 6.54 Å². The quantitative estimate of drug-likeness (QED) is 0.631. The first kappa shape index (κ1) is 14.3. The van der Waals surface area contributed by atoms with Crippen molar-refractivity contribution in [3.05, 3.63) is 18.7 Å². The van der Waals surface area contributed by atoms with Crippen molar-refractivity contribution in [1.82, 2.24) is 19.8 Å². The number of carboxylic acid groups (broad SMARTS) is 1. The number of aliphatic hydroxyl groups excluding tert-OH is 1. The molecule has 8 heteroatoms. The van der Waals surface area contributed by atoms with Crippen LogP contribution in [0.4, 0.5) is 4.79 Å². The fraction of sp³-hybridized carbons (Fsp3) is 0.583. The van der Waals surface area contributed by atoms with Crippen molar-refractivity contribution < 1.29 is 19.8 Å². The number of urea groups is 1. The number of hydrogen-bond acceptors (Lipinski definition) is 4. The number of amides is 2. The second-order valence-corrected chi connectivity index (χ2v) is 4.78. The van der Waals surface area contributed by atoms with Crippen molar-refractivity contribution in [3.63, 3.8) is 0 Å². The Bertz CT molecular complexity index is 462. The van der Waals surface area contributed by atoms with Gasteiger partial charge in [-0.2, -0.15) is 0 Å². The van der Waals surface area contributed by atoms with Gasteiger partial charge in [0.05, 0.1) is 12.4 Å². The number of hydrogen-bond donors (Lipinski definition) is 3. The molecule has 0 spiro atoms. The number of imidazole rings is 1. The summed E-state index contributed by atoms with van der Waals surface area (Å²) in [5, 5.41) is 21.1. The van der Waals surface area contributed by atoms with Crippen molar-refractivity contribution in [3.8, 4) is 0 Å². The van der Waals surface area contributed by atoms with Gasteiger partial charge in [0.25, 0.3) is 0 Å². The van der Waals surface area contributed by atoms with E-state index in [9.17, 15) is 14.7 Å². The molecule has 0 unspecified atom stereocenters. The highest BCUT2D eigenvalue weighted by molar-refractivity contribution is 5.83. The second-order valence-electron chi connectivity index (χ2n) is 4.78. The standard InChI is InChI=1S/C12H18N4O4/c17-9-6-10(11(18)19)16(7-9)12(20)14-2-1-4-15-5-3-13-8-15/h3,5,8-10,17H,1-2,4,6-7H2,(H,14,20)(H,18,19)/t9-,10-/m0/s1. The minimum atomic E-state index is -1.09. The summed E-state index contributed by atoms with van der Waals surface area (Å²) in [6.45, 7) is 1.23. The molecule has 1 aliphatic heterocycles. The Labute approximate surface area is 116 Å². The summed E-state index contributed by atoms with van der Waals surface area (Å²) in [6.07, 6.45) is 5.24. The molecule has 2 amide bonds. The van der Waals surface area contributed by atoms with Gasteiger partial charge in [0.2, 0.25) is 0 Å². The van der Waals surface area contributed by atoms with E-state index >= 15 is 0 Å². The first-order valence-corrected chi connectivity index (χ1v) is 6.49. The Hall–Kier alpha value is -2.09. The third-order valence-corrected chi connectivity index (χ3v) is 3.25. The van der Waals surface area contributed by atoms with Gasteiger partial charge in [-0.25, -0.2) is 14.6 Å². The smallest absolute Gasteiger partial charge is 0.326 e. The molecule has 8 nitrogen and oxygen atoms in total. The van der Waals surface area contributed by atoms with E-state index < -0.39 is 24.1 Å². The van der Waals surface area contributed by atoms with Crippen molar-refractivity contribution in [2.24, 2.45) is 0 Å². The van der Waals surface area contributed by atoms with Gasteiger partial charge in [-0.3, -0.25) is 0 Å². The first-order chi connectivity index (χ1) is 9.58. The molecule has 2 rings (SSSR count). The molecule has 1 saturated heterocycles. The van der Waals surface area contributed by atoms with Gasteiger partial charge in [0.1, 0.15) is 6.04 Å². The number of rotatable bonds is 5. The predicted molar refractivity (Wildman–Crippen MR) is 69.0 cm³/mol. The molecule has 3 N–H and O–H groups in total. The van der Waals surface area contributed by atoms with Crippen LogP contribution in [0.1, 0.15) is 12.8 Å². The predicted octanol–water partition coefficient (Wildman–Crippen LogP) is -0.497. The first-order valence-electron chi connectivity index (χ1n) is 6.49. The summed E-state index contributed by atoms with van der Waals surface area (Å²) in [6, 6.07) is -1.39. The Morgan fingerprint density at radius 1 is 1.45 bits per heavy atom. The van der Waals surface area contributed by atoms with Crippen molar-refractivity contribution in [1.29, 1.82) is 0 Å². The molecule has 0 saturated carbocycles. The van der Waals surface area contributed by atoms with Crippen molar-refractivity contribution in [2.75, 3.05) is 13.1 Å². The molecule has 2 atom stereocenters. The molecule has 1 aliphatic rings. The number of aryl methyl sites for hydroxylation is 1. The topological polar surface area (TPSA) is 108 Å². The number of β-amino-alcohol motifs (C(OH)–C–C–N with tert-alkyl or cyclic N) is 1. The highest BCUT2D eigenvalue weighted by Crippen LogP contribution is 2.17. The van der Waals surface area contributed by atoms with Crippen molar-refractivity contribution >= 4 is 12.0 Å². The minimum Gasteiger partial charge on any atom is -0.480 e. The van der Waals surface area contributed by atoms with E-state index in [1.165, 1.54) is 4.90 Å². The summed E-state index contributed by atoms with van der Waals surface area (Å²) >= 11 is 0. The van der Waals surface area contributed by atoms with E-state index in [1.807, 2.05) is 10.8 Å². The minimum absolute atomic E-state index is 0.0598. The SMILES string of the molecule is O=C(O)[C@@H]1C[C@H](O)CN1C(=O)NCCCn1ccnc1. The Morgan fingerprint density at radius 2 is 2.25 bits per heavy atom. The number of likely N-dealkylation sites (tertiary alicyclic amines) is 1. The lowest BCUT2D eigenvalue weighted by atomic mass is 10.2. The number of aliphatic hydroxyl groups is 1. The Morgan fingerprint density at radius 3 is 2.90 bits per heavy atom. The lowest BCUT2D eigenvalue weighted by Gasteiger charge is -2.21. The molecule has 0 aromatic carbocycles. The lowest BCUT2D eigenvalue weighted by Crippen LogP contribution is -2.46. The molecule has 0 radical (unpaired) electrons. The van der Waals surface area contributed by atoms with Gasteiger partial charge >= 0.3 is 12.0 Å². The molecule has 0 bridgehead atoms. The molecule has 1 aromatic rings. The van der Waals surface area contributed by atoms with Gasteiger partial charge in [0.15, 0.2) is 0 Å². The average Bonchev–Trinajstić information content (AvgIpc) is 3.03. The van der Waals surface area contributed by atoms with Crippen LogP contribution >= 0.6 is 0 Å². The molecular weight excluding hydrogens is 264 g/mol. The maximum atomic E-state index is 11.9. The Balaban J connectivity index is 1.75. The zero-order valence-electron chi connectivity index (χ0n) is 11.0. The molecule has 1 aromatic heterocycles. The normalized spacial score (nSPS) is 21.9. The summed E-state index contributed by atoms with van der Waals surface area (Å²) in [7, 11) is 0. The Kier molecular flexibility index (Phi) is 4.57. The van der Waals surface area contributed by atoms with Gasteiger partial charge < -0.3 is 25.0 Å². The van der Waals surface area contributed by atoms with Gasteiger partial charge in [-0.05, 0) is 6.42 Å². The molecular formula is C12H18N4O4. The number of nitrogens with one attached hydrogen (secondary N) is 1. The van der Waals surface area contributed by atoms with E-state index in [0.717, 1.165) is 13.0 Å². The largest absolute Gasteiger partial charge is 0.480 e. The van der Waals surface area contributed by atoms with Gasteiger partial charge in [-0.15, -0.1) is 0 Å². The molecule has 20 heavy (non-hydrogen) atoms. The maximum Gasteiger partial charge on any atom is 0.326 e. The highest BCUT2D eigenvalue weighted by Gasteiger charge is 2.38. The summed E-state index contributed by atoms with van der Waals surface area (Å²) in [4.78, 5) is 28.0. The van der Waals surface area contributed by atoms with Crippen LogP contribution in [0.5, 0.6) is 0 Å². The van der Waals surface area contributed by atoms with Crippen LogP contribution in [0.25, 0.3) is 0 Å². The van der Waals surface area contributed by atoms with E-state index in [2.05, 4.69) is 10.3 Å². The third kappa shape index (κ3) is 3.47. The number of nitrogens with zero attached hydrogens (tertiary/aromatic N) is 3.